The van der Waals surface area contributed by atoms with Gasteiger partial charge < -0.3 is 4.90 Å². The van der Waals surface area contributed by atoms with Crippen LogP contribution in [0.4, 0.5) is 0 Å². The maximum absolute atomic E-state index is 11.5. The Hall–Kier alpha value is -0.840. The van der Waals surface area contributed by atoms with E-state index in [1.807, 2.05) is 0 Å². The molecule has 0 aliphatic carbocycles. The maximum Gasteiger partial charge on any atom is 0.240 e. The quantitative estimate of drug-likeness (QED) is 0.645. The molecule has 1 atom stereocenters. The minimum Gasteiger partial charge on any atom is -0.348 e. The average molecular weight is 219 g/mol. The molecule has 5 heteroatoms. The zero-order chi connectivity index (χ0) is 11.4. The number of carbonyl (C=O) groups is 1. The highest BCUT2D eigenvalue weighted by Gasteiger charge is 2.27. The largest absolute Gasteiger partial charge is 0.348 e. The fourth-order valence-electron chi connectivity index (χ4n) is 0.892. The molecule has 0 saturated carbocycles. The van der Waals surface area contributed by atoms with Gasteiger partial charge in [-0.3, -0.25) is 4.79 Å². The summed E-state index contributed by atoms with van der Waals surface area (Å²) >= 11 is 0. The van der Waals surface area contributed by atoms with E-state index in [1.54, 1.807) is 27.1 Å². The van der Waals surface area contributed by atoms with Crippen molar-refractivity contribution in [3.8, 4) is 0 Å². The number of amides is 1. The Bertz CT molecular complexity index is 317. The van der Waals surface area contributed by atoms with Crippen molar-refractivity contribution in [3.05, 3.63) is 12.2 Å². The van der Waals surface area contributed by atoms with E-state index in [9.17, 15) is 13.2 Å². The number of carbonyl (C=O) groups excluding carboxylic acids is 1. The molecular weight excluding hydrogens is 202 g/mol. The van der Waals surface area contributed by atoms with Crippen molar-refractivity contribution in [2.24, 2.45) is 0 Å². The second-order valence-electron chi connectivity index (χ2n) is 3.27. The summed E-state index contributed by atoms with van der Waals surface area (Å²) in [5, 5.41) is -0.964. The molecule has 0 saturated heterocycles. The SMILES string of the molecule is C/C=C/CS(=O)(=O)C(C)C(=O)N(C)C. The first-order valence-corrected chi connectivity index (χ1v) is 6.08. The number of hydrogen-bond acceptors (Lipinski definition) is 3. The van der Waals surface area contributed by atoms with Crippen molar-refractivity contribution < 1.29 is 13.2 Å². The second-order valence-corrected chi connectivity index (χ2v) is 5.64. The standard InChI is InChI=1S/C9H17NO3S/c1-5-6-7-14(12,13)8(2)9(11)10(3)4/h5-6,8H,7H2,1-4H3/b6-5+. The molecule has 0 aliphatic heterocycles. The van der Waals surface area contributed by atoms with Gasteiger partial charge in [0.25, 0.3) is 0 Å². The predicted molar refractivity (Wildman–Crippen MR) is 56.8 cm³/mol. The molecule has 0 N–H and O–H groups in total. The highest BCUT2D eigenvalue weighted by molar-refractivity contribution is 7.92. The van der Waals surface area contributed by atoms with Crippen LogP contribution >= 0.6 is 0 Å². The zero-order valence-electron chi connectivity index (χ0n) is 9.02. The first kappa shape index (κ1) is 13.2. The Morgan fingerprint density at radius 1 is 1.43 bits per heavy atom. The van der Waals surface area contributed by atoms with E-state index < -0.39 is 15.1 Å². The molecule has 0 heterocycles. The molecule has 4 nitrogen and oxygen atoms in total. The van der Waals surface area contributed by atoms with Crippen molar-refractivity contribution in [1.29, 1.82) is 0 Å². The van der Waals surface area contributed by atoms with Crippen LogP contribution in [0.5, 0.6) is 0 Å². The van der Waals surface area contributed by atoms with E-state index in [0.717, 1.165) is 0 Å². The molecule has 0 rings (SSSR count). The molecule has 0 fully saturated rings. The Morgan fingerprint density at radius 2 is 1.93 bits per heavy atom. The third-order valence-corrected chi connectivity index (χ3v) is 3.83. The van der Waals surface area contributed by atoms with E-state index in [-0.39, 0.29) is 11.7 Å². The Morgan fingerprint density at radius 3 is 2.29 bits per heavy atom. The van der Waals surface area contributed by atoms with Gasteiger partial charge in [-0.15, -0.1) is 0 Å². The summed E-state index contributed by atoms with van der Waals surface area (Å²) in [4.78, 5) is 12.7. The van der Waals surface area contributed by atoms with Crippen LogP contribution in [0.15, 0.2) is 12.2 Å². The van der Waals surface area contributed by atoms with Gasteiger partial charge >= 0.3 is 0 Å². The molecule has 0 aromatic heterocycles. The molecule has 0 radical (unpaired) electrons. The molecule has 14 heavy (non-hydrogen) atoms. The first-order chi connectivity index (χ1) is 6.33. The zero-order valence-corrected chi connectivity index (χ0v) is 9.84. The summed E-state index contributed by atoms with van der Waals surface area (Å²) < 4.78 is 23.1. The number of hydrogen-bond donors (Lipinski definition) is 0. The molecule has 0 spiro atoms. The maximum atomic E-state index is 11.5. The third kappa shape index (κ3) is 3.49. The van der Waals surface area contributed by atoms with Crippen LogP contribution in [0.2, 0.25) is 0 Å². The molecule has 0 aromatic carbocycles. The van der Waals surface area contributed by atoms with Gasteiger partial charge in [0.2, 0.25) is 5.91 Å². The van der Waals surface area contributed by atoms with Gasteiger partial charge in [0, 0.05) is 14.1 Å². The number of nitrogens with zero attached hydrogens (tertiary/aromatic N) is 1. The number of allylic oxidation sites excluding steroid dienone is 1. The van der Waals surface area contributed by atoms with Crippen LogP contribution in [-0.4, -0.2) is 44.3 Å². The van der Waals surface area contributed by atoms with E-state index in [4.69, 9.17) is 0 Å². The lowest BCUT2D eigenvalue weighted by Gasteiger charge is -2.16. The first-order valence-electron chi connectivity index (χ1n) is 4.36. The third-order valence-electron chi connectivity index (χ3n) is 1.89. The Kier molecular flexibility index (Phi) is 4.83. The van der Waals surface area contributed by atoms with Gasteiger partial charge in [0.1, 0.15) is 5.25 Å². The van der Waals surface area contributed by atoms with Gasteiger partial charge in [0.05, 0.1) is 5.75 Å². The predicted octanol–water partition coefficient (Wildman–Crippen LogP) is 0.454. The second kappa shape index (κ2) is 5.14. The van der Waals surface area contributed by atoms with E-state index >= 15 is 0 Å². The van der Waals surface area contributed by atoms with Crippen LogP contribution in [0.1, 0.15) is 13.8 Å². The molecule has 82 valence electrons. The molecule has 1 amide bonds. The lowest BCUT2D eigenvalue weighted by molar-refractivity contribution is -0.127. The van der Waals surface area contributed by atoms with Crippen LogP contribution in [-0.2, 0) is 14.6 Å². The Balaban J connectivity index is 4.67. The summed E-state index contributed by atoms with van der Waals surface area (Å²) in [6, 6.07) is 0. The highest BCUT2D eigenvalue weighted by atomic mass is 32.2. The summed E-state index contributed by atoms with van der Waals surface area (Å²) in [5.74, 6) is -0.459. The van der Waals surface area contributed by atoms with Crippen LogP contribution in [0.3, 0.4) is 0 Å². The molecular formula is C9H17NO3S. The highest BCUT2D eigenvalue weighted by Crippen LogP contribution is 2.05. The molecule has 0 bridgehead atoms. The van der Waals surface area contributed by atoms with Gasteiger partial charge in [0.15, 0.2) is 9.84 Å². The van der Waals surface area contributed by atoms with Crippen LogP contribution in [0, 0.1) is 0 Å². The number of sulfone groups is 1. The molecule has 0 aliphatic rings. The summed E-state index contributed by atoms with van der Waals surface area (Å²) in [6.07, 6.45) is 3.19. The van der Waals surface area contributed by atoms with Gasteiger partial charge in [-0.1, -0.05) is 12.2 Å². The van der Waals surface area contributed by atoms with Crippen molar-refractivity contribution >= 4 is 15.7 Å². The lowest BCUT2D eigenvalue weighted by Crippen LogP contribution is -2.37. The minimum atomic E-state index is -3.34. The molecule has 0 aromatic rings. The van der Waals surface area contributed by atoms with Gasteiger partial charge in [-0.2, -0.15) is 0 Å². The molecule has 1 unspecified atom stereocenters. The van der Waals surface area contributed by atoms with Gasteiger partial charge in [-0.25, -0.2) is 8.42 Å². The summed E-state index contributed by atoms with van der Waals surface area (Å²) in [5.41, 5.74) is 0. The lowest BCUT2D eigenvalue weighted by atomic mass is 10.4. The fourth-order valence-corrected chi connectivity index (χ4v) is 2.16. The van der Waals surface area contributed by atoms with Crippen LogP contribution in [0.25, 0.3) is 0 Å². The normalized spacial score (nSPS) is 14.3. The topological polar surface area (TPSA) is 54.5 Å². The van der Waals surface area contributed by atoms with Crippen molar-refractivity contribution in [2.45, 2.75) is 19.1 Å². The van der Waals surface area contributed by atoms with Crippen molar-refractivity contribution in [2.75, 3.05) is 19.8 Å². The van der Waals surface area contributed by atoms with Crippen LogP contribution < -0.4 is 0 Å². The smallest absolute Gasteiger partial charge is 0.240 e. The number of rotatable bonds is 4. The monoisotopic (exact) mass is 219 g/mol. The fraction of sp³-hybridized carbons (Fsp3) is 0.667. The van der Waals surface area contributed by atoms with Crippen molar-refractivity contribution in [1.82, 2.24) is 4.90 Å². The average Bonchev–Trinajstić information content (AvgIpc) is 2.12. The summed E-state index contributed by atoms with van der Waals surface area (Å²) in [7, 11) is -0.253. The Labute approximate surface area is 85.5 Å². The van der Waals surface area contributed by atoms with E-state index in [0.29, 0.717) is 0 Å². The van der Waals surface area contributed by atoms with Crippen molar-refractivity contribution in [3.63, 3.8) is 0 Å². The van der Waals surface area contributed by atoms with E-state index in [1.165, 1.54) is 17.9 Å². The van der Waals surface area contributed by atoms with Gasteiger partial charge in [-0.05, 0) is 13.8 Å². The summed E-state index contributed by atoms with van der Waals surface area (Å²) in [6.45, 7) is 3.16. The van der Waals surface area contributed by atoms with E-state index in [2.05, 4.69) is 0 Å². The minimum absolute atomic E-state index is 0.0791.